The largest absolute Gasteiger partial charge is 0.495 e. The van der Waals surface area contributed by atoms with Crippen molar-refractivity contribution in [1.82, 2.24) is 4.98 Å². The average Bonchev–Trinajstić information content (AvgIpc) is 2.92. The molecule has 1 aromatic heterocycles. The van der Waals surface area contributed by atoms with E-state index in [1.807, 2.05) is 12.1 Å². The zero-order valence-electron chi connectivity index (χ0n) is 10.1. The lowest BCUT2D eigenvalue weighted by Gasteiger charge is -2.06. The molecular formula is C14H18N2O. The normalized spacial score (nSPS) is 17.3. The Bertz CT molecular complexity index is 540. The van der Waals surface area contributed by atoms with Crippen molar-refractivity contribution in [3.05, 3.63) is 30.0 Å². The van der Waals surface area contributed by atoms with Gasteiger partial charge >= 0.3 is 0 Å². The van der Waals surface area contributed by atoms with Gasteiger partial charge in [-0.2, -0.15) is 0 Å². The van der Waals surface area contributed by atoms with Crippen LogP contribution in [0, 0.1) is 0 Å². The quantitative estimate of drug-likeness (QED) is 0.848. The lowest BCUT2D eigenvalue weighted by Crippen LogP contribution is -2.22. The van der Waals surface area contributed by atoms with Crippen LogP contribution in [0.15, 0.2) is 24.3 Å². The summed E-state index contributed by atoms with van der Waals surface area (Å²) >= 11 is 0. The Morgan fingerprint density at radius 2 is 2.24 bits per heavy atom. The van der Waals surface area contributed by atoms with E-state index in [-0.39, 0.29) is 5.54 Å². The van der Waals surface area contributed by atoms with Gasteiger partial charge in [0.2, 0.25) is 0 Å². The van der Waals surface area contributed by atoms with Crippen LogP contribution >= 0.6 is 0 Å². The van der Waals surface area contributed by atoms with E-state index in [0.29, 0.717) is 0 Å². The van der Waals surface area contributed by atoms with Gasteiger partial charge < -0.3 is 15.5 Å². The summed E-state index contributed by atoms with van der Waals surface area (Å²) in [5.41, 5.74) is 8.57. The molecule has 2 aromatic rings. The van der Waals surface area contributed by atoms with Gasteiger partial charge in [0.25, 0.3) is 0 Å². The molecule has 1 saturated carbocycles. The standard InChI is InChI=1S/C14H18N2O/c1-17-12-4-2-3-10-9-11(16-13(10)12)5-6-14(15)7-8-14/h2-4,9,16H,5-8,15H2,1H3. The molecule has 1 fully saturated rings. The molecule has 1 heterocycles. The van der Waals surface area contributed by atoms with E-state index in [1.54, 1.807) is 7.11 Å². The zero-order valence-corrected chi connectivity index (χ0v) is 10.1. The zero-order chi connectivity index (χ0) is 11.9. The first-order valence-corrected chi connectivity index (χ1v) is 6.14. The van der Waals surface area contributed by atoms with Crippen LogP contribution in [0.3, 0.4) is 0 Å². The van der Waals surface area contributed by atoms with E-state index in [1.165, 1.54) is 23.9 Å². The summed E-state index contributed by atoms with van der Waals surface area (Å²) in [6.07, 6.45) is 4.45. The molecule has 3 heteroatoms. The lowest BCUT2D eigenvalue weighted by molar-refractivity contribution is 0.419. The first-order chi connectivity index (χ1) is 8.20. The first kappa shape index (κ1) is 10.7. The fourth-order valence-corrected chi connectivity index (χ4v) is 2.29. The minimum absolute atomic E-state index is 0.126. The minimum Gasteiger partial charge on any atom is -0.495 e. The number of methoxy groups -OCH3 is 1. The second kappa shape index (κ2) is 3.77. The highest BCUT2D eigenvalue weighted by atomic mass is 16.5. The number of aromatic nitrogens is 1. The summed E-state index contributed by atoms with van der Waals surface area (Å²) in [6.45, 7) is 0. The highest BCUT2D eigenvalue weighted by molar-refractivity contribution is 5.86. The van der Waals surface area contributed by atoms with Crippen molar-refractivity contribution in [3.8, 4) is 5.75 Å². The van der Waals surface area contributed by atoms with Gasteiger partial charge in [0, 0.05) is 16.6 Å². The van der Waals surface area contributed by atoms with Crippen LogP contribution in [0.1, 0.15) is 25.0 Å². The number of nitrogens with one attached hydrogen (secondary N) is 1. The predicted octanol–water partition coefficient (Wildman–Crippen LogP) is 2.60. The fourth-order valence-electron chi connectivity index (χ4n) is 2.29. The molecule has 1 aromatic carbocycles. The Hall–Kier alpha value is -1.48. The Kier molecular flexibility index (Phi) is 2.37. The number of nitrogens with two attached hydrogens (primary N) is 1. The molecule has 0 unspecified atom stereocenters. The molecule has 3 rings (SSSR count). The smallest absolute Gasteiger partial charge is 0.142 e. The Morgan fingerprint density at radius 3 is 2.94 bits per heavy atom. The van der Waals surface area contributed by atoms with E-state index in [2.05, 4.69) is 17.1 Å². The van der Waals surface area contributed by atoms with Crippen molar-refractivity contribution in [3.63, 3.8) is 0 Å². The van der Waals surface area contributed by atoms with Gasteiger partial charge in [0.1, 0.15) is 5.75 Å². The molecule has 0 radical (unpaired) electrons. The third-order valence-electron chi connectivity index (χ3n) is 3.68. The molecule has 3 N–H and O–H groups in total. The number of rotatable bonds is 4. The summed E-state index contributed by atoms with van der Waals surface area (Å²) in [5, 5.41) is 1.21. The maximum absolute atomic E-state index is 6.11. The van der Waals surface area contributed by atoms with Crippen LogP contribution in [0.2, 0.25) is 0 Å². The molecule has 3 nitrogen and oxygen atoms in total. The van der Waals surface area contributed by atoms with Gasteiger partial charge in [-0.1, -0.05) is 12.1 Å². The number of hydrogen-bond acceptors (Lipinski definition) is 2. The van der Waals surface area contributed by atoms with Gasteiger partial charge in [-0.3, -0.25) is 0 Å². The highest BCUT2D eigenvalue weighted by Crippen LogP contribution is 2.37. The van der Waals surface area contributed by atoms with E-state index in [9.17, 15) is 0 Å². The van der Waals surface area contributed by atoms with Crippen molar-refractivity contribution in [2.75, 3.05) is 7.11 Å². The predicted molar refractivity (Wildman–Crippen MR) is 69.3 cm³/mol. The minimum atomic E-state index is 0.126. The SMILES string of the molecule is COc1cccc2cc(CCC3(N)CC3)[nH]c12. The van der Waals surface area contributed by atoms with Crippen LogP contribution in [-0.2, 0) is 6.42 Å². The average molecular weight is 230 g/mol. The Labute approximate surface area is 101 Å². The van der Waals surface area contributed by atoms with E-state index >= 15 is 0 Å². The molecule has 90 valence electrons. The fraction of sp³-hybridized carbons (Fsp3) is 0.429. The molecule has 17 heavy (non-hydrogen) atoms. The van der Waals surface area contributed by atoms with Crippen molar-refractivity contribution < 1.29 is 4.74 Å². The van der Waals surface area contributed by atoms with Gasteiger partial charge in [-0.25, -0.2) is 0 Å². The van der Waals surface area contributed by atoms with Crippen molar-refractivity contribution in [1.29, 1.82) is 0 Å². The third-order valence-corrected chi connectivity index (χ3v) is 3.68. The van der Waals surface area contributed by atoms with Crippen LogP contribution < -0.4 is 10.5 Å². The van der Waals surface area contributed by atoms with Gasteiger partial charge in [-0.15, -0.1) is 0 Å². The molecule has 0 aliphatic heterocycles. The lowest BCUT2D eigenvalue weighted by atomic mass is 10.1. The van der Waals surface area contributed by atoms with Crippen LogP contribution in [0.5, 0.6) is 5.75 Å². The topological polar surface area (TPSA) is 51.0 Å². The number of aryl methyl sites for hydroxylation is 1. The van der Waals surface area contributed by atoms with Gasteiger partial charge in [0.15, 0.2) is 0 Å². The van der Waals surface area contributed by atoms with Gasteiger partial charge in [-0.05, 0) is 37.8 Å². The Balaban J connectivity index is 1.85. The number of fused-ring (bicyclic) bond motifs is 1. The van der Waals surface area contributed by atoms with Crippen molar-refractivity contribution in [2.24, 2.45) is 5.73 Å². The highest BCUT2D eigenvalue weighted by Gasteiger charge is 2.37. The number of H-pyrrole nitrogens is 1. The number of ether oxygens (including phenoxy) is 1. The van der Waals surface area contributed by atoms with Gasteiger partial charge in [0.05, 0.1) is 12.6 Å². The van der Waals surface area contributed by atoms with E-state index < -0.39 is 0 Å². The number of aromatic amines is 1. The summed E-state index contributed by atoms with van der Waals surface area (Å²) in [6, 6.07) is 8.30. The van der Waals surface area contributed by atoms with Crippen LogP contribution in [-0.4, -0.2) is 17.6 Å². The van der Waals surface area contributed by atoms with E-state index in [4.69, 9.17) is 10.5 Å². The maximum Gasteiger partial charge on any atom is 0.142 e. The molecule has 0 saturated heterocycles. The van der Waals surface area contributed by atoms with E-state index in [0.717, 1.165) is 24.1 Å². The van der Waals surface area contributed by atoms with Crippen molar-refractivity contribution >= 4 is 10.9 Å². The monoisotopic (exact) mass is 230 g/mol. The molecule has 0 bridgehead atoms. The summed E-state index contributed by atoms with van der Waals surface area (Å²) in [7, 11) is 1.70. The molecule has 1 aliphatic carbocycles. The first-order valence-electron chi connectivity index (χ1n) is 6.14. The summed E-state index contributed by atoms with van der Waals surface area (Å²) in [5.74, 6) is 0.905. The molecule has 0 spiro atoms. The second-order valence-electron chi connectivity index (χ2n) is 5.08. The van der Waals surface area contributed by atoms with Crippen molar-refractivity contribution in [2.45, 2.75) is 31.2 Å². The molecule has 0 amide bonds. The Morgan fingerprint density at radius 1 is 1.41 bits per heavy atom. The second-order valence-corrected chi connectivity index (χ2v) is 5.08. The molecule has 1 aliphatic rings. The molecule has 0 atom stereocenters. The summed E-state index contributed by atoms with van der Waals surface area (Å²) in [4.78, 5) is 3.43. The van der Waals surface area contributed by atoms with Crippen LogP contribution in [0.25, 0.3) is 10.9 Å². The number of para-hydroxylation sites is 1. The molecular weight excluding hydrogens is 212 g/mol. The maximum atomic E-state index is 6.11. The number of hydrogen-bond donors (Lipinski definition) is 2. The number of benzene rings is 1. The third kappa shape index (κ3) is 2.03. The summed E-state index contributed by atoms with van der Waals surface area (Å²) < 4.78 is 5.34. The van der Waals surface area contributed by atoms with Crippen LogP contribution in [0.4, 0.5) is 0 Å².